The third-order valence-electron chi connectivity index (χ3n) is 1.46. The highest BCUT2D eigenvalue weighted by molar-refractivity contribution is 9.10. The van der Waals surface area contributed by atoms with E-state index in [0.717, 1.165) is 6.92 Å². The lowest BCUT2D eigenvalue weighted by atomic mass is 10.2. The number of hydrogen-bond donors (Lipinski definition) is 1. The van der Waals surface area contributed by atoms with E-state index < -0.39 is 33.2 Å². The molecule has 0 fully saturated rings. The molecule has 0 spiro atoms. The molecule has 0 radical (unpaired) electrons. The second-order valence-corrected chi connectivity index (χ2v) is 3.02. The number of halogens is 4. The summed E-state index contributed by atoms with van der Waals surface area (Å²) in [7, 11) is 0. The third-order valence-corrected chi connectivity index (χ3v) is 2.18. The van der Waals surface area contributed by atoms with E-state index in [2.05, 4.69) is 15.9 Å². The first-order valence-electron chi connectivity index (χ1n) is 2.98. The van der Waals surface area contributed by atoms with Gasteiger partial charge in [-0.3, -0.25) is 0 Å². The van der Waals surface area contributed by atoms with Gasteiger partial charge in [0.2, 0.25) is 5.82 Å². The van der Waals surface area contributed by atoms with Crippen LogP contribution in [0.3, 0.4) is 0 Å². The first-order valence-corrected chi connectivity index (χ1v) is 3.77. The van der Waals surface area contributed by atoms with Gasteiger partial charge in [-0.25, -0.2) is 8.78 Å². The van der Waals surface area contributed by atoms with Crippen molar-refractivity contribution in [2.45, 2.75) is 6.92 Å². The van der Waals surface area contributed by atoms with Gasteiger partial charge in [-0.15, -0.1) is 0 Å². The Labute approximate surface area is 75.0 Å². The number of aromatic hydroxyl groups is 1. The van der Waals surface area contributed by atoms with Crippen molar-refractivity contribution in [3.05, 3.63) is 27.5 Å². The average Bonchev–Trinajstić information content (AvgIpc) is 2.08. The highest BCUT2D eigenvalue weighted by atomic mass is 79.9. The Bertz CT molecular complexity index is 233. The van der Waals surface area contributed by atoms with Crippen LogP contribution in [0.5, 0.6) is 5.75 Å². The van der Waals surface area contributed by atoms with Crippen LogP contribution in [0.1, 0.15) is 5.56 Å². The lowest BCUT2D eigenvalue weighted by Crippen LogP contribution is -1.95. The van der Waals surface area contributed by atoms with Crippen LogP contribution in [0.25, 0.3) is 0 Å². The Morgan fingerprint density at radius 3 is 2.08 bits per heavy atom. The van der Waals surface area contributed by atoms with Crippen molar-refractivity contribution in [1.82, 2.24) is 0 Å². The predicted octanol–water partition coefficient (Wildman–Crippen LogP) is 2.88. The quantitative estimate of drug-likeness (QED) is 0.692. The Balaban J connectivity index is 3.60. The van der Waals surface area contributed by atoms with Crippen LogP contribution in [-0.4, -0.2) is 5.11 Å². The van der Waals surface area contributed by atoms with E-state index in [4.69, 9.17) is 5.11 Å². The molecule has 0 atom stereocenters. The maximum Gasteiger partial charge on any atom is 0.202 e. The monoisotopic (exact) mass is 240 g/mol. The fraction of sp³-hybridized carbons (Fsp3) is 0.143. The standard InChI is InChI=1S/C7H4BrF3O/c1-2-4(9)3(8)7(12)6(11)5(2)10/h12H,1H3. The van der Waals surface area contributed by atoms with Gasteiger partial charge < -0.3 is 5.11 Å². The molecule has 1 rings (SSSR count). The van der Waals surface area contributed by atoms with Gasteiger partial charge in [0.15, 0.2) is 11.6 Å². The fourth-order valence-electron chi connectivity index (χ4n) is 0.730. The Morgan fingerprint density at radius 1 is 1.08 bits per heavy atom. The number of phenols is 1. The number of benzene rings is 1. The molecule has 1 aromatic rings. The Hall–Kier alpha value is -0.710. The first kappa shape index (κ1) is 9.38. The van der Waals surface area contributed by atoms with Gasteiger partial charge in [-0.1, -0.05) is 0 Å². The summed E-state index contributed by atoms with van der Waals surface area (Å²) in [6.07, 6.45) is 0. The van der Waals surface area contributed by atoms with Gasteiger partial charge in [-0.2, -0.15) is 4.39 Å². The van der Waals surface area contributed by atoms with Crippen LogP contribution in [0, 0.1) is 24.4 Å². The van der Waals surface area contributed by atoms with Gasteiger partial charge in [0.05, 0.1) is 4.47 Å². The van der Waals surface area contributed by atoms with Crippen LogP contribution in [0.4, 0.5) is 13.2 Å². The molecular formula is C7H4BrF3O. The van der Waals surface area contributed by atoms with E-state index in [0.29, 0.717) is 0 Å². The summed E-state index contributed by atoms with van der Waals surface area (Å²) in [5.74, 6) is -4.85. The molecule has 66 valence electrons. The summed E-state index contributed by atoms with van der Waals surface area (Å²) in [6, 6.07) is 0. The summed E-state index contributed by atoms with van der Waals surface area (Å²) in [6.45, 7) is 1.08. The number of rotatable bonds is 0. The number of hydrogen-bond acceptors (Lipinski definition) is 1. The Kier molecular flexibility index (Phi) is 2.32. The Morgan fingerprint density at radius 2 is 1.58 bits per heavy atom. The van der Waals surface area contributed by atoms with E-state index in [1.54, 1.807) is 0 Å². The van der Waals surface area contributed by atoms with E-state index in [1.807, 2.05) is 0 Å². The van der Waals surface area contributed by atoms with Gasteiger partial charge in [0.1, 0.15) is 5.82 Å². The molecule has 5 heteroatoms. The molecule has 0 bridgehead atoms. The van der Waals surface area contributed by atoms with Crippen molar-refractivity contribution in [2.75, 3.05) is 0 Å². The molecule has 1 aromatic carbocycles. The van der Waals surface area contributed by atoms with Crippen LogP contribution >= 0.6 is 15.9 Å². The molecule has 1 nitrogen and oxygen atoms in total. The zero-order valence-corrected chi connectivity index (χ0v) is 7.55. The molecule has 0 saturated heterocycles. The topological polar surface area (TPSA) is 20.2 Å². The smallest absolute Gasteiger partial charge is 0.202 e. The molecule has 12 heavy (non-hydrogen) atoms. The molecule has 0 aliphatic rings. The van der Waals surface area contributed by atoms with Crippen molar-refractivity contribution in [3.8, 4) is 5.75 Å². The average molecular weight is 241 g/mol. The number of phenolic OH excluding ortho intramolecular Hbond substituents is 1. The molecule has 0 aromatic heterocycles. The van der Waals surface area contributed by atoms with Gasteiger partial charge in [0.25, 0.3) is 0 Å². The van der Waals surface area contributed by atoms with Crippen molar-refractivity contribution in [3.63, 3.8) is 0 Å². The van der Waals surface area contributed by atoms with Crippen molar-refractivity contribution in [1.29, 1.82) is 0 Å². The second-order valence-electron chi connectivity index (χ2n) is 2.23. The molecule has 0 amide bonds. The minimum Gasteiger partial charge on any atom is -0.504 e. The van der Waals surface area contributed by atoms with E-state index >= 15 is 0 Å². The fourth-order valence-corrected chi connectivity index (χ4v) is 1.20. The van der Waals surface area contributed by atoms with Gasteiger partial charge >= 0.3 is 0 Å². The van der Waals surface area contributed by atoms with Crippen LogP contribution < -0.4 is 0 Å². The summed E-state index contributed by atoms with van der Waals surface area (Å²) in [4.78, 5) is 0. The minimum absolute atomic E-state index is 0.459. The third kappa shape index (κ3) is 1.18. The first-order chi connectivity index (χ1) is 5.46. The highest BCUT2D eigenvalue weighted by Crippen LogP contribution is 2.33. The van der Waals surface area contributed by atoms with E-state index in [1.165, 1.54) is 0 Å². The van der Waals surface area contributed by atoms with Crippen molar-refractivity contribution in [2.24, 2.45) is 0 Å². The summed E-state index contributed by atoms with van der Waals surface area (Å²) in [5, 5.41) is 8.79. The normalized spacial score (nSPS) is 10.4. The lowest BCUT2D eigenvalue weighted by Gasteiger charge is -2.04. The molecule has 0 aliphatic carbocycles. The molecule has 0 unspecified atom stereocenters. The van der Waals surface area contributed by atoms with Gasteiger partial charge in [-0.05, 0) is 22.9 Å². The zero-order valence-electron chi connectivity index (χ0n) is 5.96. The molecule has 0 aliphatic heterocycles. The minimum atomic E-state index is -1.44. The summed E-state index contributed by atoms with van der Waals surface area (Å²) in [5.41, 5.74) is -0.461. The van der Waals surface area contributed by atoms with Crippen molar-refractivity contribution < 1.29 is 18.3 Å². The molecule has 0 heterocycles. The maximum absolute atomic E-state index is 12.8. The molecular weight excluding hydrogens is 237 g/mol. The summed E-state index contributed by atoms with van der Waals surface area (Å²) >= 11 is 2.58. The summed E-state index contributed by atoms with van der Waals surface area (Å²) < 4.78 is 37.6. The van der Waals surface area contributed by atoms with E-state index in [9.17, 15) is 13.2 Å². The van der Waals surface area contributed by atoms with Crippen LogP contribution in [0.2, 0.25) is 0 Å². The van der Waals surface area contributed by atoms with Crippen molar-refractivity contribution >= 4 is 15.9 Å². The molecule has 1 N–H and O–H groups in total. The van der Waals surface area contributed by atoms with Gasteiger partial charge in [0, 0.05) is 5.56 Å². The second kappa shape index (κ2) is 2.97. The molecule has 0 saturated carbocycles. The maximum atomic E-state index is 12.8. The van der Waals surface area contributed by atoms with Crippen LogP contribution in [-0.2, 0) is 0 Å². The lowest BCUT2D eigenvalue weighted by molar-refractivity contribution is 0.392. The highest BCUT2D eigenvalue weighted by Gasteiger charge is 2.20. The predicted molar refractivity (Wildman–Crippen MR) is 40.4 cm³/mol. The van der Waals surface area contributed by atoms with E-state index in [-0.39, 0.29) is 0 Å². The zero-order chi connectivity index (χ0) is 9.46. The SMILES string of the molecule is Cc1c(F)c(F)c(O)c(Br)c1F. The largest absolute Gasteiger partial charge is 0.504 e. The van der Waals surface area contributed by atoms with Crippen LogP contribution in [0.15, 0.2) is 4.47 Å².